The van der Waals surface area contributed by atoms with Gasteiger partial charge < -0.3 is 5.73 Å². The first-order valence-electron chi connectivity index (χ1n) is 7.86. The summed E-state index contributed by atoms with van der Waals surface area (Å²) in [5.41, 5.74) is 5.96. The zero-order valence-corrected chi connectivity index (χ0v) is 11.1. The van der Waals surface area contributed by atoms with Crippen molar-refractivity contribution in [3.63, 3.8) is 0 Å². The number of nitrogens with two attached hydrogens (primary N) is 1. The molecule has 2 saturated carbocycles. The summed E-state index contributed by atoms with van der Waals surface area (Å²) in [6.07, 6.45) is 13.1. The summed E-state index contributed by atoms with van der Waals surface area (Å²) in [6, 6.07) is 1.77. The smallest absolute Gasteiger partial charge is 0.0139 e. The molecule has 1 saturated heterocycles. The lowest BCUT2D eigenvalue weighted by Gasteiger charge is -2.37. The van der Waals surface area contributed by atoms with Crippen LogP contribution in [-0.4, -0.2) is 30.1 Å². The van der Waals surface area contributed by atoms with Gasteiger partial charge in [-0.15, -0.1) is 0 Å². The van der Waals surface area contributed by atoms with Crippen molar-refractivity contribution in [1.82, 2.24) is 4.90 Å². The Morgan fingerprint density at radius 1 is 0.824 bits per heavy atom. The fourth-order valence-corrected chi connectivity index (χ4v) is 4.80. The maximum Gasteiger partial charge on any atom is 0.0139 e. The largest absolute Gasteiger partial charge is 0.330 e. The van der Waals surface area contributed by atoms with E-state index in [4.69, 9.17) is 5.73 Å². The van der Waals surface area contributed by atoms with Gasteiger partial charge >= 0.3 is 0 Å². The van der Waals surface area contributed by atoms with Gasteiger partial charge in [-0.3, -0.25) is 4.90 Å². The summed E-state index contributed by atoms with van der Waals surface area (Å²) >= 11 is 0. The molecule has 0 amide bonds. The first kappa shape index (κ1) is 12.0. The van der Waals surface area contributed by atoms with E-state index in [0.717, 1.165) is 30.5 Å². The van der Waals surface area contributed by atoms with Crippen molar-refractivity contribution in [2.24, 2.45) is 17.6 Å². The molecule has 0 bridgehead atoms. The predicted molar refractivity (Wildman–Crippen MR) is 71.9 cm³/mol. The predicted octanol–water partition coefficient (Wildman–Crippen LogP) is 2.77. The van der Waals surface area contributed by atoms with Gasteiger partial charge in [0.15, 0.2) is 0 Å². The minimum absolute atomic E-state index is 0.803. The van der Waals surface area contributed by atoms with Gasteiger partial charge in [-0.05, 0) is 63.5 Å². The molecule has 3 fully saturated rings. The molecule has 3 unspecified atom stereocenters. The summed E-state index contributed by atoms with van der Waals surface area (Å²) in [7, 11) is 0. The Morgan fingerprint density at radius 2 is 1.59 bits per heavy atom. The van der Waals surface area contributed by atoms with Crippen molar-refractivity contribution in [2.45, 2.75) is 69.9 Å². The molecule has 0 aromatic rings. The van der Waals surface area contributed by atoms with Crippen LogP contribution < -0.4 is 5.73 Å². The highest BCUT2D eigenvalue weighted by atomic mass is 15.2. The second-order valence-corrected chi connectivity index (χ2v) is 6.49. The monoisotopic (exact) mass is 236 g/mol. The van der Waals surface area contributed by atoms with Gasteiger partial charge in [0.1, 0.15) is 0 Å². The van der Waals surface area contributed by atoms with Crippen LogP contribution in [-0.2, 0) is 0 Å². The summed E-state index contributed by atoms with van der Waals surface area (Å²) in [5, 5.41) is 0. The third kappa shape index (κ3) is 2.26. The number of hydrogen-bond acceptors (Lipinski definition) is 2. The molecule has 3 aliphatic rings. The van der Waals surface area contributed by atoms with Crippen LogP contribution in [0.2, 0.25) is 0 Å². The van der Waals surface area contributed by atoms with Crippen LogP contribution in [0.15, 0.2) is 0 Å². The van der Waals surface area contributed by atoms with E-state index in [-0.39, 0.29) is 0 Å². The van der Waals surface area contributed by atoms with Crippen LogP contribution in [0.4, 0.5) is 0 Å². The maximum absolute atomic E-state index is 5.96. The van der Waals surface area contributed by atoms with Crippen LogP contribution in [0.25, 0.3) is 0 Å². The van der Waals surface area contributed by atoms with Crippen LogP contribution in [0.5, 0.6) is 0 Å². The summed E-state index contributed by atoms with van der Waals surface area (Å²) < 4.78 is 0. The first-order valence-corrected chi connectivity index (χ1v) is 7.86. The highest BCUT2D eigenvalue weighted by Crippen LogP contribution is 2.40. The Balaban J connectivity index is 1.68. The van der Waals surface area contributed by atoms with Gasteiger partial charge in [0.05, 0.1) is 0 Å². The van der Waals surface area contributed by atoms with Gasteiger partial charge in [0.25, 0.3) is 0 Å². The van der Waals surface area contributed by atoms with E-state index in [9.17, 15) is 0 Å². The summed E-state index contributed by atoms with van der Waals surface area (Å²) in [5.74, 6) is 1.83. The second-order valence-electron chi connectivity index (χ2n) is 6.49. The lowest BCUT2D eigenvalue weighted by molar-refractivity contribution is 0.111. The van der Waals surface area contributed by atoms with E-state index >= 15 is 0 Å². The van der Waals surface area contributed by atoms with Gasteiger partial charge in [-0.1, -0.05) is 19.3 Å². The van der Waals surface area contributed by atoms with Gasteiger partial charge in [-0.25, -0.2) is 0 Å². The fraction of sp³-hybridized carbons (Fsp3) is 1.00. The minimum atomic E-state index is 0.803. The minimum Gasteiger partial charge on any atom is -0.330 e. The summed E-state index contributed by atoms with van der Waals surface area (Å²) in [6.45, 7) is 2.28. The molecular formula is C15H28N2. The molecule has 1 aliphatic heterocycles. The zero-order valence-electron chi connectivity index (χ0n) is 11.1. The molecule has 1 heterocycles. The molecule has 2 aliphatic carbocycles. The Morgan fingerprint density at radius 3 is 2.35 bits per heavy atom. The highest BCUT2D eigenvalue weighted by molar-refractivity contribution is 4.95. The molecule has 2 nitrogen and oxygen atoms in total. The molecule has 0 radical (unpaired) electrons. The van der Waals surface area contributed by atoms with E-state index in [1.54, 1.807) is 0 Å². The lowest BCUT2D eigenvalue weighted by Crippen LogP contribution is -2.45. The molecule has 0 spiro atoms. The molecule has 0 aromatic carbocycles. The van der Waals surface area contributed by atoms with Crippen molar-refractivity contribution >= 4 is 0 Å². The Bertz CT molecular complexity index is 247. The van der Waals surface area contributed by atoms with Crippen LogP contribution in [0.1, 0.15) is 57.8 Å². The molecule has 2 heteroatoms. The fourth-order valence-electron chi connectivity index (χ4n) is 4.80. The average molecular weight is 236 g/mol. The molecule has 3 atom stereocenters. The quantitative estimate of drug-likeness (QED) is 0.816. The molecule has 98 valence electrons. The van der Waals surface area contributed by atoms with Gasteiger partial charge in [0.2, 0.25) is 0 Å². The van der Waals surface area contributed by atoms with Crippen molar-refractivity contribution in [1.29, 1.82) is 0 Å². The maximum atomic E-state index is 5.96. The molecule has 0 aromatic heterocycles. The Hall–Kier alpha value is -0.0800. The standard InChI is InChI=1S/C15H28N2/c16-11-13-7-3-8-15(13)17-10-4-9-14(17)12-5-1-2-6-12/h12-15H,1-11,16H2. The molecular weight excluding hydrogens is 208 g/mol. The van der Waals surface area contributed by atoms with Crippen LogP contribution in [0.3, 0.4) is 0 Å². The van der Waals surface area contributed by atoms with Crippen molar-refractivity contribution in [2.75, 3.05) is 13.1 Å². The highest BCUT2D eigenvalue weighted by Gasteiger charge is 2.40. The van der Waals surface area contributed by atoms with E-state index in [0.29, 0.717) is 0 Å². The van der Waals surface area contributed by atoms with Gasteiger partial charge in [0, 0.05) is 12.1 Å². The SMILES string of the molecule is NCC1CCCC1N1CCCC1C1CCCC1. The van der Waals surface area contributed by atoms with Crippen molar-refractivity contribution in [3.05, 3.63) is 0 Å². The third-order valence-electron chi connectivity index (χ3n) is 5.63. The van der Waals surface area contributed by atoms with E-state index in [1.807, 2.05) is 0 Å². The molecule has 17 heavy (non-hydrogen) atoms. The second kappa shape index (κ2) is 5.27. The van der Waals surface area contributed by atoms with E-state index in [1.165, 1.54) is 64.3 Å². The summed E-state index contributed by atoms with van der Waals surface area (Å²) in [4.78, 5) is 2.89. The van der Waals surface area contributed by atoms with Crippen LogP contribution in [0, 0.1) is 11.8 Å². The number of hydrogen-bond donors (Lipinski definition) is 1. The molecule has 3 rings (SSSR count). The lowest BCUT2D eigenvalue weighted by atomic mass is 9.93. The first-order chi connectivity index (χ1) is 8.40. The number of likely N-dealkylation sites (tertiary alicyclic amines) is 1. The van der Waals surface area contributed by atoms with E-state index < -0.39 is 0 Å². The average Bonchev–Trinajstić information content (AvgIpc) is 3.09. The topological polar surface area (TPSA) is 29.3 Å². The van der Waals surface area contributed by atoms with Crippen molar-refractivity contribution < 1.29 is 0 Å². The van der Waals surface area contributed by atoms with Crippen LogP contribution >= 0.6 is 0 Å². The van der Waals surface area contributed by atoms with E-state index in [2.05, 4.69) is 4.90 Å². The number of rotatable bonds is 3. The van der Waals surface area contributed by atoms with Gasteiger partial charge in [-0.2, -0.15) is 0 Å². The third-order valence-corrected chi connectivity index (χ3v) is 5.63. The Kier molecular flexibility index (Phi) is 3.72. The zero-order chi connectivity index (χ0) is 11.7. The number of nitrogens with zero attached hydrogens (tertiary/aromatic N) is 1. The van der Waals surface area contributed by atoms with Crippen molar-refractivity contribution in [3.8, 4) is 0 Å². The molecule has 2 N–H and O–H groups in total. The normalized spacial score (nSPS) is 40.4. The Labute approximate surface area is 106 Å².